The van der Waals surface area contributed by atoms with Gasteiger partial charge < -0.3 is 0 Å². The Morgan fingerprint density at radius 1 is 1.15 bits per heavy atom. The average molecular weight is 194 g/mol. The Morgan fingerprint density at radius 3 is 2.08 bits per heavy atom. The number of rotatable bonds is 3. The highest BCUT2D eigenvalue weighted by atomic mass is 32.2. The highest BCUT2D eigenvalue weighted by molar-refractivity contribution is 7.98. The molecule has 0 bridgehead atoms. The van der Waals surface area contributed by atoms with E-state index in [1.165, 1.54) is 6.92 Å². The van der Waals surface area contributed by atoms with Gasteiger partial charge in [-0.1, -0.05) is 0 Å². The predicted molar refractivity (Wildman–Crippen MR) is 53.2 cm³/mol. The number of thioether (sulfide) groups is 1. The van der Waals surface area contributed by atoms with Crippen molar-refractivity contribution in [2.45, 2.75) is 11.8 Å². The van der Waals surface area contributed by atoms with Gasteiger partial charge in [0.1, 0.15) is 0 Å². The predicted octanol–water partition coefficient (Wildman–Crippen LogP) is 2.18. The van der Waals surface area contributed by atoms with Crippen LogP contribution in [0, 0.1) is 0 Å². The summed E-state index contributed by atoms with van der Waals surface area (Å²) in [5, 5.41) is 0. The second kappa shape index (κ2) is 4.23. The molecule has 0 atom stereocenters. The van der Waals surface area contributed by atoms with E-state index < -0.39 is 11.6 Å². The maximum Gasteiger partial charge on any atom is 0.228 e. The van der Waals surface area contributed by atoms with Crippen LogP contribution in [0.3, 0.4) is 0 Å². The Hall–Kier alpha value is -1.09. The van der Waals surface area contributed by atoms with Crippen molar-refractivity contribution in [3.63, 3.8) is 0 Å². The van der Waals surface area contributed by atoms with E-state index in [4.69, 9.17) is 0 Å². The van der Waals surface area contributed by atoms with Gasteiger partial charge in [-0.25, -0.2) is 0 Å². The average Bonchev–Trinajstić information content (AvgIpc) is 2.17. The van der Waals surface area contributed by atoms with Crippen LogP contribution in [0.15, 0.2) is 29.2 Å². The Balaban J connectivity index is 2.92. The summed E-state index contributed by atoms with van der Waals surface area (Å²) in [5.74, 6) is -0.843. The minimum atomic E-state index is -0.423. The van der Waals surface area contributed by atoms with E-state index >= 15 is 0 Å². The summed E-state index contributed by atoms with van der Waals surface area (Å²) in [7, 11) is 0. The molecule has 1 aromatic carbocycles. The normalized spacial score (nSPS) is 9.69. The number of benzene rings is 1. The molecule has 0 aliphatic carbocycles. The molecule has 0 heterocycles. The lowest BCUT2D eigenvalue weighted by Crippen LogP contribution is -2.09. The fraction of sp³-hybridized carbons (Fsp3) is 0.200. The molecule has 1 aromatic rings. The van der Waals surface area contributed by atoms with Crippen molar-refractivity contribution < 1.29 is 9.59 Å². The third-order valence-corrected chi connectivity index (χ3v) is 2.42. The van der Waals surface area contributed by atoms with Gasteiger partial charge in [0.15, 0.2) is 5.78 Å². The topological polar surface area (TPSA) is 34.1 Å². The largest absolute Gasteiger partial charge is 0.291 e. The van der Waals surface area contributed by atoms with Gasteiger partial charge in [-0.3, -0.25) is 9.59 Å². The first-order valence-corrected chi connectivity index (χ1v) is 5.07. The second-order valence-electron chi connectivity index (χ2n) is 2.61. The molecule has 0 fully saturated rings. The minimum absolute atomic E-state index is 0.420. The summed E-state index contributed by atoms with van der Waals surface area (Å²) in [4.78, 5) is 23.0. The molecule has 0 aromatic heterocycles. The fourth-order valence-electron chi connectivity index (χ4n) is 0.946. The molecule has 0 amide bonds. The third kappa shape index (κ3) is 2.42. The van der Waals surface area contributed by atoms with Crippen molar-refractivity contribution in [1.29, 1.82) is 0 Å². The summed E-state index contributed by atoms with van der Waals surface area (Å²) in [6.45, 7) is 1.28. The number of carbonyl (C=O) groups is 2. The van der Waals surface area contributed by atoms with Gasteiger partial charge in [0, 0.05) is 17.4 Å². The smallest absolute Gasteiger partial charge is 0.228 e. The van der Waals surface area contributed by atoms with E-state index in [2.05, 4.69) is 0 Å². The molecule has 0 N–H and O–H groups in total. The molecule has 0 spiro atoms. The lowest BCUT2D eigenvalue weighted by Gasteiger charge is -1.98. The standard InChI is InChI=1S/C10H10O2S/c1-7(11)10(12)8-3-5-9(13-2)6-4-8/h3-6H,1-2H3. The Kier molecular flexibility index (Phi) is 3.25. The summed E-state index contributed by atoms with van der Waals surface area (Å²) in [5.41, 5.74) is 0.463. The molecule has 2 nitrogen and oxygen atoms in total. The van der Waals surface area contributed by atoms with E-state index in [1.807, 2.05) is 18.4 Å². The summed E-state index contributed by atoms with van der Waals surface area (Å²) >= 11 is 1.60. The molecule has 0 radical (unpaired) electrons. The van der Waals surface area contributed by atoms with Crippen LogP contribution in [-0.2, 0) is 4.79 Å². The minimum Gasteiger partial charge on any atom is -0.291 e. The van der Waals surface area contributed by atoms with Gasteiger partial charge in [-0.05, 0) is 30.5 Å². The molecule has 0 aliphatic heterocycles. The van der Waals surface area contributed by atoms with Crippen LogP contribution in [0.4, 0.5) is 0 Å². The molecule has 0 saturated heterocycles. The van der Waals surface area contributed by atoms with E-state index in [-0.39, 0.29) is 0 Å². The van der Waals surface area contributed by atoms with Gasteiger partial charge >= 0.3 is 0 Å². The highest BCUT2D eigenvalue weighted by Crippen LogP contribution is 2.15. The maximum atomic E-state index is 11.2. The molecule has 1 rings (SSSR count). The molecular formula is C10H10O2S. The summed E-state index contributed by atoms with van der Waals surface area (Å²) < 4.78 is 0. The van der Waals surface area contributed by atoms with E-state index in [0.29, 0.717) is 5.56 Å². The Bertz CT molecular complexity index is 327. The van der Waals surface area contributed by atoms with Crippen LogP contribution < -0.4 is 0 Å². The zero-order chi connectivity index (χ0) is 9.84. The van der Waals surface area contributed by atoms with Crippen molar-refractivity contribution >= 4 is 23.3 Å². The molecule has 68 valence electrons. The highest BCUT2D eigenvalue weighted by Gasteiger charge is 2.09. The summed E-state index contributed by atoms with van der Waals surface area (Å²) in [6.07, 6.45) is 1.96. The van der Waals surface area contributed by atoms with Crippen molar-refractivity contribution in [2.75, 3.05) is 6.26 Å². The van der Waals surface area contributed by atoms with Crippen molar-refractivity contribution in [2.24, 2.45) is 0 Å². The molecule has 13 heavy (non-hydrogen) atoms. The molecule has 0 unspecified atom stereocenters. The van der Waals surface area contributed by atoms with Gasteiger partial charge in [0.05, 0.1) is 0 Å². The first-order valence-electron chi connectivity index (χ1n) is 3.84. The lowest BCUT2D eigenvalue weighted by atomic mass is 10.1. The monoisotopic (exact) mass is 194 g/mol. The number of hydrogen-bond donors (Lipinski definition) is 0. The fourth-order valence-corrected chi connectivity index (χ4v) is 1.35. The second-order valence-corrected chi connectivity index (χ2v) is 3.49. The quantitative estimate of drug-likeness (QED) is 0.420. The van der Waals surface area contributed by atoms with Gasteiger partial charge in [-0.15, -0.1) is 11.8 Å². The molecular weight excluding hydrogens is 184 g/mol. The first-order chi connectivity index (χ1) is 6.15. The van der Waals surface area contributed by atoms with Gasteiger partial charge in [0.2, 0.25) is 5.78 Å². The zero-order valence-corrected chi connectivity index (χ0v) is 8.35. The molecule has 3 heteroatoms. The van der Waals surface area contributed by atoms with Crippen LogP contribution in [0.5, 0.6) is 0 Å². The van der Waals surface area contributed by atoms with E-state index in [1.54, 1.807) is 23.9 Å². The van der Waals surface area contributed by atoms with Crippen molar-refractivity contribution in [3.05, 3.63) is 29.8 Å². The number of Topliss-reactive ketones (excluding diaryl/α,β-unsaturated/α-hetero) is 2. The zero-order valence-electron chi connectivity index (χ0n) is 7.53. The van der Waals surface area contributed by atoms with Crippen LogP contribution in [-0.4, -0.2) is 17.8 Å². The third-order valence-electron chi connectivity index (χ3n) is 1.67. The SMILES string of the molecule is CSc1ccc(C(=O)C(C)=O)cc1. The number of ketones is 2. The van der Waals surface area contributed by atoms with Crippen LogP contribution >= 0.6 is 11.8 Å². The van der Waals surface area contributed by atoms with Crippen molar-refractivity contribution in [3.8, 4) is 0 Å². The Labute approximate surface area is 81.3 Å². The van der Waals surface area contributed by atoms with Gasteiger partial charge in [0.25, 0.3) is 0 Å². The van der Waals surface area contributed by atoms with Gasteiger partial charge in [-0.2, -0.15) is 0 Å². The number of hydrogen-bond acceptors (Lipinski definition) is 3. The van der Waals surface area contributed by atoms with Crippen LogP contribution in [0.2, 0.25) is 0 Å². The maximum absolute atomic E-state index is 11.2. The Morgan fingerprint density at radius 2 is 1.69 bits per heavy atom. The first kappa shape index (κ1) is 9.99. The number of carbonyl (C=O) groups excluding carboxylic acids is 2. The summed E-state index contributed by atoms with van der Waals surface area (Å²) in [6, 6.07) is 7.02. The molecule has 0 saturated carbocycles. The molecule has 0 aliphatic rings. The lowest BCUT2D eigenvalue weighted by molar-refractivity contribution is -0.113. The van der Waals surface area contributed by atoms with E-state index in [9.17, 15) is 9.59 Å². The van der Waals surface area contributed by atoms with Crippen LogP contribution in [0.25, 0.3) is 0 Å². The van der Waals surface area contributed by atoms with Crippen molar-refractivity contribution in [1.82, 2.24) is 0 Å². The van der Waals surface area contributed by atoms with E-state index in [0.717, 1.165) is 4.90 Å². The van der Waals surface area contributed by atoms with Crippen LogP contribution in [0.1, 0.15) is 17.3 Å².